The summed E-state index contributed by atoms with van der Waals surface area (Å²) in [6, 6.07) is 10.7. The molecule has 0 aliphatic carbocycles. The molecule has 0 spiro atoms. The van der Waals surface area contributed by atoms with E-state index in [9.17, 15) is 0 Å². The highest BCUT2D eigenvalue weighted by molar-refractivity contribution is 5.99. The third kappa shape index (κ3) is 2.44. The topological polar surface area (TPSA) is 107 Å². The Kier molecular flexibility index (Phi) is 3.30. The zero-order valence-corrected chi connectivity index (χ0v) is 10.8. The molecule has 0 unspecified atom stereocenters. The SMILES string of the molecule is N/C(=N/O)c1ccnnc1Oc1cccc2ncccc12. The van der Waals surface area contributed by atoms with Gasteiger partial charge in [0.05, 0.1) is 17.3 Å². The largest absolute Gasteiger partial charge is 0.436 e. The summed E-state index contributed by atoms with van der Waals surface area (Å²) in [5, 5.41) is 20.2. The maximum Gasteiger partial charge on any atom is 0.250 e. The second-order valence-corrected chi connectivity index (χ2v) is 4.16. The third-order valence-corrected chi connectivity index (χ3v) is 2.88. The number of nitrogens with zero attached hydrogens (tertiary/aromatic N) is 4. The van der Waals surface area contributed by atoms with Crippen LogP contribution in [0.3, 0.4) is 0 Å². The van der Waals surface area contributed by atoms with E-state index in [0.29, 0.717) is 11.3 Å². The van der Waals surface area contributed by atoms with E-state index >= 15 is 0 Å². The Morgan fingerprint density at radius 1 is 1.14 bits per heavy atom. The van der Waals surface area contributed by atoms with E-state index < -0.39 is 0 Å². The molecule has 21 heavy (non-hydrogen) atoms. The molecule has 0 saturated carbocycles. The Labute approximate surface area is 119 Å². The summed E-state index contributed by atoms with van der Waals surface area (Å²) in [7, 11) is 0. The van der Waals surface area contributed by atoms with Crippen LogP contribution in [0.4, 0.5) is 0 Å². The van der Waals surface area contributed by atoms with Gasteiger partial charge in [-0.15, -0.1) is 5.10 Å². The van der Waals surface area contributed by atoms with Gasteiger partial charge in [0.2, 0.25) is 5.88 Å². The number of ether oxygens (including phenoxy) is 1. The van der Waals surface area contributed by atoms with Crippen LogP contribution in [-0.2, 0) is 0 Å². The van der Waals surface area contributed by atoms with Crippen molar-refractivity contribution >= 4 is 16.7 Å². The number of pyridine rings is 1. The molecule has 0 fully saturated rings. The molecule has 7 nitrogen and oxygen atoms in total. The van der Waals surface area contributed by atoms with Gasteiger partial charge < -0.3 is 15.7 Å². The number of amidine groups is 1. The molecule has 0 saturated heterocycles. The summed E-state index contributed by atoms with van der Waals surface area (Å²) in [6.07, 6.45) is 3.14. The lowest BCUT2D eigenvalue weighted by atomic mass is 10.2. The summed E-state index contributed by atoms with van der Waals surface area (Å²) < 4.78 is 5.76. The first-order chi connectivity index (χ1) is 10.3. The van der Waals surface area contributed by atoms with Crippen LogP contribution in [0, 0.1) is 0 Å². The first-order valence-electron chi connectivity index (χ1n) is 6.11. The molecule has 1 aromatic carbocycles. The van der Waals surface area contributed by atoms with Gasteiger partial charge in [-0.25, -0.2) is 0 Å². The fourth-order valence-corrected chi connectivity index (χ4v) is 1.91. The van der Waals surface area contributed by atoms with Crippen LogP contribution < -0.4 is 10.5 Å². The smallest absolute Gasteiger partial charge is 0.250 e. The summed E-state index contributed by atoms with van der Waals surface area (Å²) in [6.45, 7) is 0. The van der Waals surface area contributed by atoms with Crippen molar-refractivity contribution in [3.8, 4) is 11.6 Å². The van der Waals surface area contributed by atoms with Gasteiger partial charge >= 0.3 is 0 Å². The predicted octanol–water partition coefficient (Wildman–Crippen LogP) is 1.91. The molecule has 0 bridgehead atoms. The molecular weight excluding hydrogens is 270 g/mol. The van der Waals surface area contributed by atoms with Crippen LogP contribution in [0.25, 0.3) is 10.9 Å². The predicted molar refractivity (Wildman–Crippen MR) is 76.4 cm³/mol. The van der Waals surface area contributed by atoms with Gasteiger partial charge in [-0.1, -0.05) is 11.2 Å². The summed E-state index contributed by atoms with van der Waals surface area (Å²) in [4.78, 5) is 4.25. The number of oxime groups is 1. The van der Waals surface area contributed by atoms with E-state index in [1.54, 1.807) is 18.3 Å². The van der Waals surface area contributed by atoms with E-state index in [2.05, 4.69) is 20.3 Å². The van der Waals surface area contributed by atoms with E-state index in [-0.39, 0.29) is 11.7 Å². The van der Waals surface area contributed by atoms with Crippen molar-refractivity contribution in [3.05, 3.63) is 54.4 Å². The van der Waals surface area contributed by atoms with Gasteiger partial charge in [0, 0.05) is 11.6 Å². The number of aromatic nitrogens is 3. The maximum atomic E-state index is 8.80. The van der Waals surface area contributed by atoms with E-state index in [1.165, 1.54) is 6.20 Å². The molecule has 3 N–H and O–H groups in total. The van der Waals surface area contributed by atoms with Gasteiger partial charge in [0.1, 0.15) is 5.75 Å². The molecule has 3 aromatic rings. The lowest BCUT2D eigenvalue weighted by Crippen LogP contribution is -2.15. The highest BCUT2D eigenvalue weighted by atomic mass is 16.5. The zero-order valence-electron chi connectivity index (χ0n) is 10.8. The number of nitrogens with two attached hydrogens (primary N) is 1. The van der Waals surface area contributed by atoms with Crippen LogP contribution >= 0.6 is 0 Å². The first-order valence-corrected chi connectivity index (χ1v) is 6.11. The number of hydrogen-bond acceptors (Lipinski definition) is 6. The third-order valence-electron chi connectivity index (χ3n) is 2.88. The van der Waals surface area contributed by atoms with E-state index in [4.69, 9.17) is 15.7 Å². The van der Waals surface area contributed by atoms with Crippen molar-refractivity contribution in [1.29, 1.82) is 0 Å². The van der Waals surface area contributed by atoms with E-state index in [1.807, 2.05) is 24.3 Å². The fraction of sp³-hybridized carbons (Fsp3) is 0. The van der Waals surface area contributed by atoms with Crippen LogP contribution in [0.15, 0.2) is 53.9 Å². The minimum absolute atomic E-state index is 0.0988. The Morgan fingerprint density at radius 3 is 2.90 bits per heavy atom. The normalized spacial score (nSPS) is 11.5. The monoisotopic (exact) mass is 281 g/mol. The van der Waals surface area contributed by atoms with Crippen molar-refractivity contribution in [3.63, 3.8) is 0 Å². The van der Waals surface area contributed by atoms with E-state index in [0.717, 1.165) is 10.9 Å². The summed E-state index contributed by atoms with van der Waals surface area (Å²) in [5.74, 6) is 0.621. The van der Waals surface area contributed by atoms with Crippen LogP contribution in [0.1, 0.15) is 5.56 Å². The van der Waals surface area contributed by atoms with Crippen molar-refractivity contribution < 1.29 is 9.94 Å². The Hall–Kier alpha value is -3.22. The second kappa shape index (κ2) is 5.41. The first kappa shape index (κ1) is 12.8. The summed E-state index contributed by atoms with van der Waals surface area (Å²) >= 11 is 0. The van der Waals surface area contributed by atoms with Crippen molar-refractivity contribution in [2.45, 2.75) is 0 Å². The number of fused-ring (bicyclic) bond motifs is 1. The minimum Gasteiger partial charge on any atom is -0.436 e. The minimum atomic E-state index is -0.0988. The Balaban J connectivity index is 2.08. The van der Waals surface area contributed by atoms with Crippen LogP contribution in [0.2, 0.25) is 0 Å². The maximum absolute atomic E-state index is 8.80. The number of rotatable bonds is 3. The second-order valence-electron chi connectivity index (χ2n) is 4.16. The van der Waals surface area contributed by atoms with Crippen molar-refractivity contribution in [2.24, 2.45) is 10.9 Å². The molecule has 2 heterocycles. The average molecular weight is 281 g/mol. The number of hydrogen-bond donors (Lipinski definition) is 2. The molecule has 0 aliphatic rings. The number of benzene rings is 1. The Bertz CT molecular complexity index is 814. The van der Waals surface area contributed by atoms with Crippen LogP contribution in [-0.4, -0.2) is 26.2 Å². The highest BCUT2D eigenvalue weighted by Gasteiger charge is 2.12. The zero-order chi connectivity index (χ0) is 14.7. The van der Waals surface area contributed by atoms with Gasteiger partial charge in [-0.3, -0.25) is 4.98 Å². The molecule has 2 aromatic heterocycles. The molecule has 0 aliphatic heterocycles. The quantitative estimate of drug-likeness (QED) is 0.329. The van der Waals surface area contributed by atoms with Gasteiger partial charge in [0.25, 0.3) is 0 Å². The van der Waals surface area contributed by atoms with Gasteiger partial charge in [-0.05, 0) is 30.3 Å². The van der Waals surface area contributed by atoms with Gasteiger partial charge in [-0.2, -0.15) is 5.10 Å². The average Bonchev–Trinajstić information content (AvgIpc) is 2.55. The molecule has 0 atom stereocenters. The molecule has 3 rings (SSSR count). The fourth-order valence-electron chi connectivity index (χ4n) is 1.91. The molecule has 7 heteroatoms. The molecular formula is C14H11N5O2. The van der Waals surface area contributed by atoms with Crippen LogP contribution in [0.5, 0.6) is 11.6 Å². The lowest BCUT2D eigenvalue weighted by molar-refractivity contribution is 0.318. The molecule has 0 radical (unpaired) electrons. The highest BCUT2D eigenvalue weighted by Crippen LogP contribution is 2.29. The Morgan fingerprint density at radius 2 is 2.05 bits per heavy atom. The lowest BCUT2D eigenvalue weighted by Gasteiger charge is -2.09. The van der Waals surface area contributed by atoms with Gasteiger partial charge in [0.15, 0.2) is 5.84 Å². The molecule has 0 amide bonds. The standard InChI is InChI=1S/C14H11N5O2/c15-13(19-20)10-6-8-17-18-14(10)21-12-5-1-4-11-9(12)3-2-7-16-11/h1-8,20H,(H2,15,19). The summed E-state index contributed by atoms with van der Waals surface area (Å²) in [5.41, 5.74) is 6.75. The van der Waals surface area contributed by atoms with Crippen molar-refractivity contribution in [2.75, 3.05) is 0 Å². The van der Waals surface area contributed by atoms with Crippen molar-refractivity contribution in [1.82, 2.24) is 15.2 Å². The molecule has 104 valence electrons.